The van der Waals surface area contributed by atoms with E-state index >= 15 is 0 Å². The molecule has 106 valence electrons. The van der Waals surface area contributed by atoms with Gasteiger partial charge in [-0.1, -0.05) is 18.2 Å². The maximum Gasteiger partial charge on any atom is 0.339 e. The standard InChI is InChI=1S/C17H16N2O2/c1-12-9-13-5-3-4-6-16(13)19(12)11-15-8-7-14(10-18-15)17(20)21-2/h3-10H,11H2,1-2H3. The molecule has 0 amide bonds. The number of aromatic nitrogens is 2. The third kappa shape index (κ3) is 2.52. The number of esters is 1. The number of fused-ring (bicyclic) bond motifs is 1. The minimum atomic E-state index is -0.364. The van der Waals surface area contributed by atoms with Gasteiger partial charge in [0, 0.05) is 17.4 Å². The van der Waals surface area contributed by atoms with Crippen LogP contribution in [-0.2, 0) is 11.3 Å². The Hall–Kier alpha value is -2.62. The number of carbonyl (C=O) groups is 1. The largest absolute Gasteiger partial charge is 0.465 e. The van der Waals surface area contributed by atoms with Gasteiger partial charge < -0.3 is 9.30 Å². The summed E-state index contributed by atoms with van der Waals surface area (Å²) in [6, 6.07) is 14.0. The Morgan fingerprint density at radius 3 is 2.76 bits per heavy atom. The van der Waals surface area contributed by atoms with E-state index in [1.54, 1.807) is 12.3 Å². The van der Waals surface area contributed by atoms with Crippen LogP contribution in [0.1, 0.15) is 21.7 Å². The van der Waals surface area contributed by atoms with Crippen molar-refractivity contribution in [3.05, 3.63) is 65.6 Å². The maximum absolute atomic E-state index is 11.4. The quantitative estimate of drug-likeness (QED) is 0.692. The van der Waals surface area contributed by atoms with E-state index < -0.39 is 0 Å². The van der Waals surface area contributed by atoms with Crippen molar-refractivity contribution in [3.63, 3.8) is 0 Å². The molecule has 0 atom stereocenters. The Morgan fingerprint density at radius 1 is 1.24 bits per heavy atom. The van der Waals surface area contributed by atoms with Crippen molar-refractivity contribution in [2.24, 2.45) is 0 Å². The Balaban J connectivity index is 1.92. The lowest BCUT2D eigenvalue weighted by Crippen LogP contribution is -2.06. The van der Waals surface area contributed by atoms with Crippen LogP contribution in [0.4, 0.5) is 0 Å². The van der Waals surface area contributed by atoms with E-state index in [9.17, 15) is 4.79 Å². The second kappa shape index (κ2) is 5.40. The van der Waals surface area contributed by atoms with Crippen LogP contribution in [-0.4, -0.2) is 22.6 Å². The highest BCUT2D eigenvalue weighted by Gasteiger charge is 2.08. The summed E-state index contributed by atoms with van der Waals surface area (Å²) >= 11 is 0. The second-order valence-electron chi connectivity index (χ2n) is 4.96. The molecule has 3 aromatic rings. The summed E-state index contributed by atoms with van der Waals surface area (Å²) in [6.07, 6.45) is 1.56. The number of ether oxygens (including phenoxy) is 1. The van der Waals surface area contributed by atoms with Crippen LogP contribution in [0.3, 0.4) is 0 Å². The number of carbonyl (C=O) groups excluding carboxylic acids is 1. The van der Waals surface area contributed by atoms with Crippen molar-refractivity contribution in [1.29, 1.82) is 0 Å². The highest BCUT2D eigenvalue weighted by atomic mass is 16.5. The molecule has 0 N–H and O–H groups in total. The van der Waals surface area contributed by atoms with Gasteiger partial charge in [0.15, 0.2) is 0 Å². The minimum Gasteiger partial charge on any atom is -0.465 e. The van der Waals surface area contributed by atoms with E-state index in [1.807, 2.05) is 18.2 Å². The lowest BCUT2D eigenvalue weighted by molar-refractivity contribution is 0.0600. The molecule has 1 aromatic carbocycles. The van der Waals surface area contributed by atoms with Crippen LogP contribution in [0.2, 0.25) is 0 Å². The maximum atomic E-state index is 11.4. The fraction of sp³-hybridized carbons (Fsp3) is 0.176. The second-order valence-corrected chi connectivity index (χ2v) is 4.96. The van der Waals surface area contributed by atoms with Gasteiger partial charge >= 0.3 is 5.97 Å². The van der Waals surface area contributed by atoms with E-state index in [4.69, 9.17) is 0 Å². The van der Waals surface area contributed by atoms with E-state index in [0.717, 1.165) is 5.69 Å². The van der Waals surface area contributed by atoms with Gasteiger partial charge in [-0.15, -0.1) is 0 Å². The normalized spacial score (nSPS) is 10.8. The molecule has 21 heavy (non-hydrogen) atoms. The highest BCUT2D eigenvalue weighted by Crippen LogP contribution is 2.20. The van der Waals surface area contributed by atoms with Crippen LogP contribution >= 0.6 is 0 Å². The van der Waals surface area contributed by atoms with Gasteiger partial charge in [0.1, 0.15) is 0 Å². The first-order valence-electron chi connectivity index (χ1n) is 6.77. The average molecular weight is 280 g/mol. The molecule has 0 saturated heterocycles. The van der Waals surface area contributed by atoms with Crippen molar-refractivity contribution in [3.8, 4) is 0 Å². The van der Waals surface area contributed by atoms with Crippen LogP contribution in [0.25, 0.3) is 10.9 Å². The first-order valence-corrected chi connectivity index (χ1v) is 6.77. The number of nitrogens with zero attached hydrogens (tertiary/aromatic N) is 2. The van der Waals surface area contributed by atoms with Crippen molar-refractivity contribution in [2.75, 3.05) is 7.11 Å². The Morgan fingerprint density at radius 2 is 2.05 bits per heavy atom. The number of hydrogen-bond acceptors (Lipinski definition) is 3. The first kappa shape index (κ1) is 13.4. The predicted molar refractivity (Wildman–Crippen MR) is 81.4 cm³/mol. The fourth-order valence-corrected chi connectivity index (χ4v) is 2.48. The molecule has 0 unspecified atom stereocenters. The fourth-order valence-electron chi connectivity index (χ4n) is 2.48. The summed E-state index contributed by atoms with van der Waals surface area (Å²) in [4.78, 5) is 15.8. The molecule has 2 heterocycles. The number of para-hydroxylation sites is 1. The zero-order chi connectivity index (χ0) is 14.8. The van der Waals surface area contributed by atoms with Crippen molar-refractivity contribution in [1.82, 2.24) is 9.55 Å². The number of benzene rings is 1. The molecule has 2 aromatic heterocycles. The molecule has 3 rings (SSSR count). The summed E-state index contributed by atoms with van der Waals surface area (Å²) in [6.45, 7) is 2.77. The molecule has 0 aliphatic rings. The van der Waals surface area contributed by atoms with Gasteiger partial charge in [-0.05, 0) is 36.6 Å². The zero-order valence-corrected chi connectivity index (χ0v) is 12.0. The number of aryl methyl sites for hydroxylation is 1. The molecule has 0 aliphatic heterocycles. The van der Waals surface area contributed by atoms with Crippen molar-refractivity contribution in [2.45, 2.75) is 13.5 Å². The molecule has 0 aliphatic carbocycles. The lowest BCUT2D eigenvalue weighted by atomic mass is 10.2. The number of methoxy groups -OCH3 is 1. The summed E-state index contributed by atoms with van der Waals surface area (Å²) in [5.74, 6) is -0.364. The van der Waals surface area contributed by atoms with Gasteiger partial charge in [0.25, 0.3) is 0 Å². The van der Waals surface area contributed by atoms with E-state index in [0.29, 0.717) is 12.1 Å². The van der Waals surface area contributed by atoms with Gasteiger partial charge in [-0.25, -0.2) is 4.79 Å². The SMILES string of the molecule is COC(=O)c1ccc(Cn2c(C)cc3ccccc32)nc1. The van der Waals surface area contributed by atoms with Crippen LogP contribution in [0, 0.1) is 6.92 Å². The molecular formula is C17H16N2O2. The number of hydrogen-bond donors (Lipinski definition) is 0. The highest BCUT2D eigenvalue weighted by molar-refractivity contribution is 5.88. The molecule has 0 fully saturated rings. The average Bonchev–Trinajstić information content (AvgIpc) is 2.83. The summed E-state index contributed by atoms with van der Waals surface area (Å²) < 4.78 is 6.89. The smallest absolute Gasteiger partial charge is 0.339 e. The lowest BCUT2D eigenvalue weighted by Gasteiger charge is -2.08. The van der Waals surface area contributed by atoms with Gasteiger partial charge in [-0.3, -0.25) is 4.98 Å². The molecule has 0 radical (unpaired) electrons. The molecule has 0 spiro atoms. The third-order valence-electron chi connectivity index (χ3n) is 3.58. The molecule has 4 heteroatoms. The zero-order valence-electron chi connectivity index (χ0n) is 12.0. The minimum absolute atomic E-state index is 0.364. The summed E-state index contributed by atoms with van der Waals surface area (Å²) in [7, 11) is 1.37. The van der Waals surface area contributed by atoms with Gasteiger partial charge in [0.05, 0.1) is 24.9 Å². The monoisotopic (exact) mass is 280 g/mol. The van der Waals surface area contributed by atoms with E-state index in [2.05, 4.69) is 39.4 Å². The molecule has 0 saturated carbocycles. The van der Waals surface area contributed by atoms with Gasteiger partial charge in [-0.2, -0.15) is 0 Å². The van der Waals surface area contributed by atoms with Crippen LogP contribution in [0.5, 0.6) is 0 Å². The number of pyridine rings is 1. The third-order valence-corrected chi connectivity index (χ3v) is 3.58. The van der Waals surface area contributed by atoms with Crippen molar-refractivity contribution < 1.29 is 9.53 Å². The number of rotatable bonds is 3. The van der Waals surface area contributed by atoms with Crippen LogP contribution < -0.4 is 0 Å². The van der Waals surface area contributed by atoms with Crippen molar-refractivity contribution >= 4 is 16.9 Å². The molecule has 0 bridgehead atoms. The van der Waals surface area contributed by atoms with E-state index in [-0.39, 0.29) is 5.97 Å². The Bertz CT molecular complexity index is 788. The topological polar surface area (TPSA) is 44.1 Å². The summed E-state index contributed by atoms with van der Waals surface area (Å²) in [5.41, 5.74) is 3.76. The van der Waals surface area contributed by atoms with Crippen LogP contribution in [0.15, 0.2) is 48.7 Å². The first-order chi connectivity index (χ1) is 10.2. The predicted octanol–water partition coefficient (Wildman–Crippen LogP) is 3.18. The molecular weight excluding hydrogens is 264 g/mol. The molecule has 4 nitrogen and oxygen atoms in total. The Kier molecular flexibility index (Phi) is 3.44. The van der Waals surface area contributed by atoms with Gasteiger partial charge in [0.2, 0.25) is 0 Å². The Labute approximate surface area is 123 Å². The van der Waals surface area contributed by atoms with E-state index in [1.165, 1.54) is 23.7 Å². The summed E-state index contributed by atoms with van der Waals surface area (Å²) in [5, 5.41) is 1.22.